The molecule has 0 radical (unpaired) electrons. The van der Waals surface area contributed by atoms with E-state index in [1.165, 1.54) is 4.88 Å². The Kier molecular flexibility index (Phi) is 6.42. The molecule has 1 aliphatic rings. The summed E-state index contributed by atoms with van der Waals surface area (Å²) in [7, 11) is 0. The Morgan fingerprint density at radius 3 is 3.05 bits per heavy atom. The third kappa shape index (κ3) is 4.66. The van der Waals surface area contributed by atoms with Gasteiger partial charge in [-0.15, -0.1) is 17.9 Å². The number of carbonyl (C=O) groups excluding carboxylic acids is 1. The largest absolute Gasteiger partial charge is 0.333 e. The minimum atomic E-state index is 0.192. The predicted molar refractivity (Wildman–Crippen MR) is 88.5 cm³/mol. The average Bonchev–Trinajstić information content (AvgIpc) is 3.17. The van der Waals surface area contributed by atoms with Gasteiger partial charge in [0.05, 0.1) is 13.1 Å². The van der Waals surface area contributed by atoms with E-state index in [2.05, 4.69) is 35.2 Å². The predicted octanol–water partition coefficient (Wildman–Crippen LogP) is 1.95. The Labute approximate surface area is 131 Å². The third-order valence-corrected chi connectivity index (χ3v) is 4.79. The zero-order valence-corrected chi connectivity index (χ0v) is 13.6. The van der Waals surface area contributed by atoms with Crippen molar-refractivity contribution in [2.75, 3.05) is 32.7 Å². The van der Waals surface area contributed by atoms with E-state index in [1.54, 1.807) is 17.4 Å². The number of amides is 1. The number of hydrogen-bond acceptors (Lipinski definition) is 4. The number of hydrogen-bond donors (Lipinski definition) is 1. The molecule has 1 unspecified atom stereocenters. The molecule has 0 saturated carbocycles. The van der Waals surface area contributed by atoms with Gasteiger partial charge in [0, 0.05) is 24.0 Å². The van der Waals surface area contributed by atoms with Crippen molar-refractivity contribution in [1.29, 1.82) is 0 Å². The van der Waals surface area contributed by atoms with Crippen LogP contribution < -0.4 is 5.32 Å². The molecule has 1 N–H and O–H groups in total. The first-order valence-electron chi connectivity index (χ1n) is 7.60. The van der Waals surface area contributed by atoms with Gasteiger partial charge < -0.3 is 10.2 Å². The Morgan fingerprint density at radius 1 is 1.62 bits per heavy atom. The summed E-state index contributed by atoms with van der Waals surface area (Å²) < 4.78 is 0. The van der Waals surface area contributed by atoms with Gasteiger partial charge in [0.15, 0.2) is 0 Å². The van der Waals surface area contributed by atoms with E-state index < -0.39 is 0 Å². The number of rotatable bonds is 8. The fraction of sp³-hybridized carbons (Fsp3) is 0.562. The molecule has 5 heteroatoms. The number of nitrogens with one attached hydrogen (secondary N) is 1. The van der Waals surface area contributed by atoms with Crippen LogP contribution in [-0.4, -0.2) is 54.5 Å². The lowest BCUT2D eigenvalue weighted by Gasteiger charge is -2.29. The molecular weight excluding hydrogens is 282 g/mol. The lowest BCUT2D eigenvalue weighted by Crippen LogP contribution is -2.45. The summed E-state index contributed by atoms with van der Waals surface area (Å²) in [5.74, 6) is 0.192. The minimum Gasteiger partial charge on any atom is -0.333 e. The van der Waals surface area contributed by atoms with Gasteiger partial charge in [0.25, 0.3) is 0 Å². The topological polar surface area (TPSA) is 35.6 Å². The lowest BCUT2D eigenvalue weighted by molar-refractivity contribution is -0.132. The summed E-state index contributed by atoms with van der Waals surface area (Å²) in [6, 6.07) is 4.59. The standard InChI is InChI=1S/C16H25N3OS/c1-3-9-19(12-15-6-5-10-21-15)16(20)13-18(4-2)14-7-8-17-11-14/h3,5-6,10,14,17H,1,4,7-9,11-13H2,2H3. The molecule has 21 heavy (non-hydrogen) atoms. The maximum absolute atomic E-state index is 12.6. The van der Waals surface area contributed by atoms with Crippen LogP contribution in [0.15, 0.2) is 30.2 Å². The van der Waals surface area contributed by atoms with E-state index in [1.807, 2.05) is 11.0 Å². The van der Waals surface area contributed by atoms with Crippen molar-refractivity contribution < 1.29 is 4.79 Å². The normalized spacial score (nSPS) is 18.1. The molecule has 0 bridgehead atoms. The van der Waals surface area contributed by atoms with Crippen molar-refractivity contribution in [3.05, 3.63) is 35.0 Å². The van der Waals surface area contributed by atoms with Gasteiger partial charge in [-0.1, -0.05) is 19.1 Å². The first-order chi connectivity index (χ1) is 10.2. The van der Waals surface area contributed by atoms with Crippen molar-refractivity contribution in [2.24, 2.45) is 0 Å². The Hall–Kier alpha value is -1.17. The van der Waals surface area contributed by atoms with Crippen molar-refractivity contribution >= 4 is 17.2 Å². The van der Waals surface area contributed by atoms with Gasteiger partial charge >= 0.3 is 0 Å². The summed E-state index contributed by atoms with van der Waals surface area (Å²) in [5, 5.41) is 5.42. The molecular formula is C16H25N3OS. The van der Waals surface area contributed by atoms with Gasteiger partial charge in [-0.3, -0.25) is 9.69 Å². The van der Waals surface area contributed by atoms with E-state index in [9.17, 15) is 4.79 Å². The van der Waals surface area contributed by atoms with Crippen LogP contribution >= 0.6 is 11.3 Å². The van der Waals surface area contributed by atoms with Crippen LogP contribution in [0.25, 0.3) is 0 Å². The molecule has 4 nitrogen and oxygen atoms in total. The molecule has 1 aliphatic heterocycles. The Balaban J connectivity index is 1.94. The number of carbonyl (C=O) groups is 1. The van der Waals surface area contributed by atoms with Crippen LogP contribution in [0.5, 0.6) is 0 Å². The summed E-state index contributed by atoms with van der Waals surface area (Å²) in [6.45, 7) is 10.7. The Morgan fingerprint density at radius 2 is 2.48 bits per heavy atom. The number of nitrogens with zero attached hydrogens (tertiary/aromatic N) is 2. The zero-order chi connectivity index (χ0) is 15.1. The van der Waals surface area contributed by atoms with Crippen LogP contribution in [0.4, 0.5) is 0 Å². The molecule has 1 amide bonds. The third-order valence-electron chi connectivity index (χ3n) is 3.92. The maximum atomic E-state index is 12.6. The summed E-state index contributed by atoms with van der Waals surface area (Å²) in [4.78, 5) is 18.0. The van der Waals surface area contributed by atoms with Crippen LogP contribution in [0.2, 0.25) is 0 Å². The molecule has 2 rings (SSSR count). The highest BCUT2D eigenvalue weighted by Crippen LogP contribution is 2.13. The van der Waals surface area contributed by atoms with Gasteiger partial charge in [-0.2, -0.15) is 0 Å². The number of thiophene rings is 1. The fourth-order valence-electron chi connectivity index (χ4n) is 2.72. The van der Waals surface area contributed by atoms with E-state index in [4.69, 9.17) is 0 Å². The van der Waals surface area contributed by atoms with Crippen molar-refractivity contribution in [2.45, 2.75) is 25.9 Å². The lowest BCUT2D eigenvalue weighted by atomic mass is 10.2. The monoisotopic (exact) mass is 307 g/mol. The van der Waals surface area contributed by atoms with Gasteiger partial charge in [0.2, 0.25) is 5.91 Å². The highest BCUT2D eigenvalue weighted by atomic mass is 32.1. The van der Waals surface area contributed by atoms with Crippen LogP contribution in [0.3, 0.4) is 0 Å². The zero-order valence-electron chi connectivity index (χ0n) is 12.8. The van der Waals surface area contributed by atoms with E-state index in [0.29, 0.717) is 25.7 Å². The summed E-state index contributed by atoms with van der Waals surface area (Å²) in [5.41, 5.74) is 0. The molecule has 1 saturated heterocycles. The first-order valence-corrected chi connectivity index (χ1v) is 8.48. The molecule has 0 spiro atoms. The van der Waals surface area contributed by atoms with Gasteiger partial charge in [0.1, 0.15) is 0 Å². The summed E-state index contributed by atoms with van der Waals surface area (Å²) >= 11 is 1.69. The molecule has 0 aliphatic carbocycles. The van der Waals surface area contributed by atoms with Crippen LogP contribution in [0, 0.1) is 0 Å². The molecule has 1 aromatic rings. The summed E-state index contributed by atoms with van der Waals surface area (Å²) in [6.07, 6.45) is 2.94. The van der Waals surface area contributed by atoms with E-state index in [0.717, 1.165) is 26.1 Å². The Bertz CT molecular complexity index is 440. The maximum Gasteiger partial charge on any atom is 0.237 e. The van der Waals surface area contributed by atoms with E-state index in [-0.39, 0.29) is 5.91 Å². The first kappa shape index (κ1) is 16.2. The molecule has 1 atom stereocenters. The molecule has 1 aromatic heterocycles. The SMILES string of the molecule is C=CCN(Cc1cccs1)C(=O)CN(CC)C1CCNC1. The van der Waals surface area contributed by atoms with Crippen LogP contribution in [-0.2, 0) is 11.3 Å². The smallest absolute Gasteiger partial charge is 0.237 e. The van der Waals surface area contributed by atoms with Gasteiger partial charge in [-0.25, -0.2) is 0 Å². The van der Waals surface area contributed by atoms with Crippen LogP contribution in [0.1, 0.15) is 18.2 Å². The highest BCUT2D eigenvalue weighted by Gasteiger charge is 2.24. The second-order valence-corrected chi connectivity index (χ2v) is 6.38. The highest BCUT2D eigenvalue weighted by molar-refractivity contribution is 7.09. The fourth-order valence-corrected chi connectivity index (χ4v) is 3.44. The minimum absolute atomic E-state index is 0.192. The molecule has 116 valence electrons. The second-order valence-electron chi connectivity index (χ2n) is 5.35. The second kappa shape index (κ2) is 8.32. The average molecular weight is 307 g/mol. The van der Waals surface area contributed by atoms with E-state index >= 15 is 0 Å². The van der Waals surface area contributed by atoms with Crippen molar-refractivity contribution in [3.8, 4) is 0 Å². The molecule has 0 aromatic carbocycles. The van der Waals surface area contributed by atoms with Gasteiger partial charge in [-0.05, 0) is 31.0 Å². The quantitative estimate of drug-likeness (QED) is 0.746. The van der Waals surface area contributed by atoms with Crippen molar-refractivity contribution in [1.82, 2.24) is 15.1 Å². The number of likely N-dealkylation sites (N-methyl/N-ethyl adjacent to an activating group) is 1. The molecule has 1 fully saturated rings. The van der Waals surface area contributed by atoms with Crippen molar-refractivity contribution in [3.63, 3.8) is 0 Å². The molecule has 2 heterocycles.